The Labute approximate surface area is 121 Å². The maximum atomic E-state index is 11.2. The highest BCUT2D eigenvalue weighted by molar-refractivity contribution is 7.90. The van der Waals surface area contributed by atoms with Crippen LogP contribution in [0.1, 0.15) is 18.5 Å². The molecular weight excluding hydrogens is 276 g/mol. The van der Waals surface area contributed by atoms with Gasteiger partial charge in [-0.15, -0.1) is 0 Å². The molecule has 0 aromatic heterocycles. The second-order valence-electron chi connectivity index (χ2n) is 4.87. The average molecular weight is 300 g/mol. The van der Waals surface area contributed by atoms with Gasteiger partial charge in [0.15, 0.2) is 0 Å². The molecule has 0 saturated carbocycles. The Kier molecular flexibility index (Phi) is 6.45. The Morgan fingerprint density at radius 3 is 2.65 bits per heavy atom. The summed E-state index contributed by atoms with van der Waals surface area (Å²) in [5.74, 6) is 0.936. The van der Waals surface area contributed by atoms with Crippen LogP contribution in [0, 0.1) is 0 Å². The van der Waals surface area contributed by atoms with Gasteiger partial charge in [0, 0.05) is 25.4 Å². The fraction of sp³-hybridized carbons (Fsp3) is 0.571. The van der Waals surface area contributed by atoms with E-state index in [-0.39, 0.29) is 11.8 Å². The van der Waals surface area contributed by atoms with Crippen LogP contribution < -0.4 is 10.5 Å². The molecule has 0 amide bonds. The molecular formula is C14H24N2O3S. The topological polar surface area (TPSA) is 72.6 Å². The zero-order chi connectivity index (χ0) is 15.2. The van der Waals surface area contributed by atoms with Gasteiger partial charge < -0.3 is 10.5 Å². The maximum absolute atomic E-state index is 11.2. The molecule has 0 aliphatic rings. The summed E-state index contributed by atoms with van der Waals surface area (Å²) in [6.45, 7) is 3.43. The third-order valence-electron chi connectivity index (χ3n) is 3.12. The summed E-state index contributed by atoms with van der Waals surface area (Å²) in [6.07, 6.45) is 1.24. The van der Waals surface area contributed by atoms with Crippen LogP contribution in [-0.4, -0.2) is 52.1 Å². The quantitative estimate of drug-likeness (QED) is 0.777. The molecule has 2 N–H and O–H groups in total. The van der Waals surface area contributed by atoms with Gasteiger partial charge in [0.05, 0.1) is 12.4 Å². The van der Waals surface area contributed by atoms with Gasteiger partial charge in [-0.1, -0.05) is 12.1 Å². The first-order valence-corrected chi connectivity index (χ1v) is 8.74. The Bertz CT molecular complexity index is 517. The predicted molar refractivity (Wildman–Crippen MR) is 81.7 cm³/mol. The summed E-state index contributed by atoms with van der Waals surface area (Å²) in [4.78, 5) is 1.96. The lowest BCUT2D eigenvalue weighted by Crippen LogP contribution is -2.34. The van der Waals surface area contributed by atoms with E-state index in [1.165, 1.54) is 6.26 Å². The Morgan fingerprint density at radius 2 is 2.10 bits per heavy atom. The Balaban J connectivity index is 2.81. The first-order valence-electron chi connectivity index (χ1n) is 6.68. The second-order valence-corrected chi connectivity index (χ2v) is 7.13. The summed E-state index contributed by atoms with van der Waals surface area (Å²) in [6, 6.07) is 7.75. The van der Waals surface area contributed by atoms with Crippen LogP contribution in [0.2, 0.25) is 0 Å². The van der Waals surface area contributed by atoms with Gasteiger partial charge in [-0.3, -0.25) is 4.90 Å². The van der Waals surface area contributed by atoms with E-state index in [0.29, 0.717) is 19.7 Å². The molecule has 20 heavy (non-hydrogen) atoms. The van der Waals surface area contributed by atoms with Crippen molar-refractivity contribution in [3.8, 4) is 5.75 Å². The minimum absolute atomic E-state index is 0.0165. The summed E-state index contributed by atoms with van der Waals surface area (Å²) >= 11 is 0. The molecule has 0 aliphatic carbocycles. The van der Waals surface area contributed by atoms with Gasteiger partial charge in [0.1, 0.15) is 15.6 Å². The summed E-state index contributed by atoms with van der Waals surface area (Å²) < 4.78 is 28.0. The van der Waals surface area contributed by atoms with Crippen molar-refractivity contribution in [3.63, 3.8) is 0 Å². The highest BCUT2D eigenvalue weighted by Gasteiger charge is 2.17. The second kappa shape index (κ2) is 7.61. The lowest BCUT2D eigenvalue weighted by molar-refractivity contribution is 0.263. The predicted octanol–water partition coefficient (Wildman–Crippen LogP) is 1.06. The van der Waals surface area contributed by atoms with Crippen LogP contribution in [0.5, 0.6) is 5.75 Å². The molecule has 0 spiro atoms. The number of sulfone groups is 1. The molecule has 0 heterocycles. The van der Waals surface area contributed by atoms with Crippen LogP contribution in [0.15, 0.2) is 24.3 Å². The average Bonchev–Trinajstić information content (AvgIpc) is 2.37. The molecule has 0 radical (unpaired) electrons. The van der Waals surface area contributed by atoms with E-state index in [1.54, 1.807) is 0 Å². The lowest BCUT2D eigenvalue weighted by Gasteiger charge is -2.27. The third kappa shape index (κ3) is 5.48. The molecule has 1 unspecified atom stereocenters. The molecule has 6 heteroatoms. The Morgan fingerprint density at radius 1 is 1.40 bits per heavy atom. The van der Waals surface area contributed by atoms with Crippen LogP contribution in [-0.2, 0) is 9.84 Å². The van der Waals surface area contributed by atoms with Crippen LogP contribution in [0.4, 0.5) is 0 Å². The highest BCUT2D eigenvalue weighted by Crippen LogP contribution is 2.22. The van der Waals surface area contributed by atoms with Crippen molar-refractivity contribution in [2.24, 2.45) is 5.73 Å². The standard InChI is InChI=1S/C14H24N2O3S/c1-4-19-13-7-5-6-12(10-13)14(11-15)16(2)8-9-20(3,17)18/h5-7,10,14H,4,8-9,11,15H2,1-3H3. The van der Waals surface area contributed by atoms with Crippen molar-refractivity contribution in [3.05, 3.63) is 29.8 Å². The van der Waals surface area contributed by atoms with E-state index in [4.69, 9.17) is 10.5 Å². The van der Waals surface area contributed by atoms with Gasteiger partial charge in [-0.2, -0.15) is 0 Å². The smallest absolute Gasteiger partial charge is 0.148 e. The molecule has 114 valence electrons. The molecule has 1 atom stereocenters. The zero-order valence-corrected chi connectivity index (χ0v) is 13.2. The van der Waals surface area contributed by atoms with Crippen molar-refractivity contribution in [1.82, 2.24) is 4.90 Å². The molecule has 1 aromatic rings. The zero-order valence-electron chi connectivity index (χ0n) is 12.4. The molecule has 1 rings (SSSR count). The fourth-order valence-corrected chi connectivity index (χ4v) is 2.63. The summed E-state index contributed by atoms with van der Waals surface area (Å²) in [7, 11) is -1.08. The van der Waals surface area contributed by atoms with Gasteiger partial charge in [-0.05, 0) is 31.7 Å². The highest BCUT2D eigenvalue weighted by atomic mass is 32.2. The number of ether oxygens (including phenoxy) is 1. The minimum atomic E-state index is -2.97. The molecule has 1 aromatic carbocycles. The van der Waals surface area contributed by atoms with Crippen LogP contribution in [0.25, 0.3) is 0 Å². The molecule has 5 nitrogen and oxygen atoms in total. The van der Waals surface area contributed by atoms with Gasteiger partial charge >= 0.3 is 0 Å². The van der Waals surface area contributed by atoms with E-state index in [9.17, 15) is 8.42 Å². The van der Waals surface area contributed by atoms with E-state index in [1.807, 2.05) is 43.1 Å². The van der Waals surface area contributed by atoms with Crippen molar-refractivity contribution in [2.45, 2.75) is 13.0 Å². The maximum Gasteiger partial charge on any atom is 0.148 e. The first-order chi connectivity index (χ1) is 9.37. The normalized spacial score (nSPS) is 13.4. The van der Waals surface area contributed by atoms with Crippen molar-refractivity contribution >= 4 is 9.84 Å². The van der Waals surface area contributed by atoms with E-state index in [0.717, 1.165) is 11.3 Å². The van der Waals surface area contributed by atoms with Crippen molar-refractivity contribution in [2.75, 3.05) is 38.8 Å². The van der Waals surface area contributed by atoms with Gasteiger partial charge in [0.2, 0.25) is 0 Å². The number of hydrogen-bond donors (Lipinski definition) is 1. The van der Waals surface area contributed by atoms with E-state index >= 15 is 0 Å². The van der Waals surface area contributed by atoms with Crippen LogP contribution in [0.3, 0.4) is 0 Å². The van der Waals surface area contributed by atoms with Gasteiger partial charge in [-0.25, -0.2) is 8.42 Å². The van der Waals surface area contributed by atoms with Crippen LogP contribution >= 0.6 is 0 Å². The number of likely N-dealkylation sites (N-methyl/N-ethyl adjacent to an activating group) is 1. The number of rotatable bonds is 8. The fourth-order valence-electron chi connectivity index (χ4n) is 2.01. The number of hydrogen-bond acceptors (Lipinski definition) is 5. The lowest BCUT2D eigenvalue weighted by atomic mass is 10.1. The Hall–Kier alpha value is -1.11. The monoisotopic (exact) mass is 300 g/mol. The minimum Gasteiger partial charge on any atom is -0.494 e. The molecule has 0 aliphatic heterocycles. The van der Waals surface area contributed by atoms with E-state index < -0.39 is 9.84 Å². The molecule has 0 fully saturated rings. The summed E-state index contributed by atoms with van der Waals surface area (Å²) in [5, 5.41) is 0. The van der Waals surface area contributed by atoms with E-state index in [2.05, 4.69) is 0 Å². The SMILES string of the molecule is CCOc1cccc(C(CN)N(C)CCS(C)(=O)=O)c1. The van der Waals surface area contributed by atoms with Crippen molar-refractivity contribution < 1.29 is 13.2 Å². The number of nitrogens with two attached hydrogens (primary N) is 1. The number of benzene rings is 1. The summed E-state index contributed by atoms with van der Waals surface area (Å²) in [5.41, 5.74) is 6.87. The molecule has 0 bridgehead atoms. The third-order valence-corrected chi connectivity index (χ3v) is 4.05. The molecule has 0 saturated heterocycles. The first kappa shape index (κ1) is 16.9. The number of nitrogens with zero attached hydrogens (tertiary/aromatic N) is 1. The largest absolute Gasteiger partial charge is 0.494 e. The van der Waals surface area contributed by atoms with Crippen molar-refractivity contribution in [1.29, 1.82) is 0 Å². The van der Waals surface area contributed by atoms with Gasteiger partial charge in [0.25, 0.3) is 0 Å².